The monoisotopic (exact) mass is 289 g/mol. The first-order valence-electron chi connectivity index (χ1n) is 6.46. The van der Waals surface area contributed by atoms with Gasteiger partial charge in [0.1, 0.15) is 11.5 Å². The number of nitrogens with two attached hydrogens (primary N) is 1. The van der Waals surface area contributed by atoms with Gasteiger partial charge in [-0.3, -0.25) is 4.79 Å². The number of benzene rings is 1. The van der Waals surface area contributed by atoms with E-state index in [1.807, 2.05) is 55.8 Å². The molecule has 1 amide bonds. The van der Waals surface area contributed by atoms with Crippen molar-refractivity contribution in [3.05, 3.63) is 36.0 Å². The summed E-state index contributed by atoms with van der Waals surface area (Å²) in [6, 6.07) is 7.69. The number of rotatable bonds is 3. The molecule has 1 aromatic heterocycles. The number of carbonyl (C=O) groups excluding carboxylic acids is 1. The molecule has 5 heteroatoms. The molecule has 0 radical (unpaired) electrons. The number of hydrogen-bond acceptors (Lipinski definition) is 2. The van der Waals surface area contributed by atoms with Crippen LogP contribution in [0.3, 0.4) is 0 Å². The molecular weight excluding hydrogens is 270 g/mol. The van der Waals surface area contributed by atoms with Gasteiger partial charge in [-0.15, -0.1) is 0 Å². The van der Waals surface area contributed by atoms with Crippen LogP contribution in [0.1, 0.15) is 26.3 Å². The standard InChI is InChI=1S/C15H19N3OS/c1-15(2,3)17-13(19)9-18-8-7-10-11(14(16)20)5-4-6-12(10)18/h4-8H,9H2,1-3H3,(H2,16,20)(H,17,19). The van der Waals surface area contributed by atoms with Gasteiger partial charge in [0, 0.05) is 28.2 Å². The molecule has 0 unspecified atom stereocenters. The molecule has 1 heterocycles. The van der Waals surface area contributed by atoms with E-state index in [2.05, 4.69) is 5.32 Å². The van der Waals surface area contributed by atoms with Crippen LogP contribution in [0.2, 0.25) is 0 Å². The van der Waals surface area contributed by atoms with Gasteiger partial charge in [0.25, 0.3) is 0 Å². The van der Waals surface area contributed by atoms with Crippen LogP contribution < -0.4 is 11.1 Å². The minimum atomic E-state index is -0.232. The number of thiocarbonyl (C=S) groups is 1. The zero-order valence-corrected chi connectivity index (χ0v) is 12.8. The van der Waals surface area contributed by atoms with Gasteiger partial charge in [-0.2, -0.15) is 0 Å². The fraction of sp³-hybridized carbons (Fsp3) is 0.333. The Bertz CT molecular complexity index is 667. The van der Waals surface area contributed by atoms with E-state index in [4.69, 9.17) is 18.0 Å². The predicted octanol–water partition coefficient (Wildman–Crippen LogP) is 2.19. The Morgan fingerprint density at radius 3 is 2.65 bits per heavy atom. The Morgan fingerprint density at radius 1 is 1.35 bits per heavy atom. The maximum Gasteiger partial charge on any atom is 0.240 e. The molecule has 0 bridgehead atoms. The SMILES string of the molecule is CC(C)(C)NC(=O)Cn1ccc2c(C(N)=S)cccc21. The van der Waals surface area contributed by atoms with Crippen LogP contribution in [0.15, 0.2) is 30.5 Å². The predicted molar refractivity (Wildman–Crippen MR) is 85.7 cm³/mol. The van der Waals surface area contributed by atoms with Crippen LogP contribution in [0.5, 0.6) is 0 Å². The minimum Gasteiger partial charge on any atom is -0.389 e. The zero-order chi connectivity index (χ0) is 14.9. The number of fused-ring (bicyclic) bond motifs is 1. The highest BCUT2D eigenvalue weighted by Gasteiger charge is 2.15. The Morgan fingerprint density at radius 2 is 2.05 bits per heavy atom. The number of nitrogens with one attached hydrogen (secondary N) is 1. The maximum absolute atomic E-state index is 12.0. The number of hydrogen-bond donors (Lipinski definition) is 2. The third-order valence-corrected chi connectivity index (χ3v) is 3.13. The molecule has 2 rings (SSSR count). The molecular formula is C15H19N3OS. The fourth-order valence-electron chi connectivity index (χ4n) is 2.19. The Balaban J connectivity index is 2.31. The van der Waals surface area contributed by atoms with Crippen LogP contribution in [-0.4, -0.2) is 21.0 Å². The largest absolute Gasteiger partial charge is 0.389 e. The van der Waals surface area contributed by atoms with Crippen molar-refractivity contribution < 1.29 is 4.79 Å². The highest BCUT2D eigenvalue weighted by molar-refractivity contribution is 7.80. The minimum absolute atomic E-state index is 0.0178. The quantitative estimate of drug-likeness (QED) is 0.852. The van der Waals surface area contributed by atoms with Crippen LogP contribution in [0.4, 0.5) is 0 Å². The second kappa shape index (κ2) is 5.25. The van der Waals surface area contributed by atoms with E-state index in [1.54, 1.807) is 0 Å². The lowest BCUT2D eigenvalue weighted by molar-refractivity contribution is -0.123. The molecule has 0 aliphatic heterocycles. The van der Waals surface area contributed by atoms with Crippen molar-refractivity contribution in [2.75, 3.05) is 0 Å². The number of carbonyl (C=O) groups is 1. The summed E-state index contributed by atoms with van der Waals surface area (Å²) in [6.45, 7) is 6.17. The summed E-state index contributed by atoms with van der Waals surface area (Å²) in [7, 11) is 0. The molecule has 2 aromatic rings. The third kappa shape index (κ3) is 3.17. The normalized spacial score (nSPS) is 11.6. The maximum atomic E-state index is 12.0. The van der Waals surface area contributed by atoms with E-state index in [9.17, 15) is 4.79 Å². The van der Waals surface area contributed by atoms with Crippen molar-refractivity contribution in [3.63, 3.8) is 0 Å². The molecule has 0 spiro atoms. The topological polar surface area (TPSA) is 60.0 Å². The van der Waals surface area contributed by atoms with E-state index >= 15 is 0 Å². The van der Waals surface area contributed by atoms with Gasteiger partial charge < -0.3 is 15.6 Å². The fourth-order valence-corrected chi connectivity index (χ4v) is 2.37. The summed E-state index contributed by atoms with van der Waals surface area (Å²) in [4.78, 5) is 12.4. The van der Waals surface area contributed by atoms with Crippen LogP contribution >= 0.6 is 12.2 Å². The highest BCUT2D eigenvalue weighted by atomic mass is 32.1. The van der Waals surface area contributed by atoms with Crippen molar-refractivity contribution in [3.8, 4) is 0 Å². The lowest BCUT2D eigenvalue weighted by Gasteiger charge is -2.20. The van der Waals surface area contributed by atoms with Crippen molar-refractivity contribution in [1.29, 1.82) is 0 Å². The van der Waals surface area contributed by atoms with Gasteiger partial charge in [0.2, 0.25) is 5.91 Å². The second-order valence-electron chi connectivity index (χ2n) is 5.84. The van der Waals surface area contributed by atoms with Crippen LogP contribution in [0, 0.1) is 0 Å². The van der Waals surface area contributed by atoms with Gasteiger partial charge in [0.15, 0.2) is 0 Å². The molecule has 4 nitrogen and oxygen atoms in total. The van der Waals surface area contributed by atoms with Crippen molar-refractivity contribution in [2.24, 2.45) is 5.73 Å². The molecule has 0 fully saturated rings. The lowest BCUT2D eigenvalue weighted by atomic mass is 10.1. The van der Waals surface area contributed by atoms with E-state index in [1.165, 1.54) is 0 Å². The summed E-state index contributed by atoms with van der Waals surface area (Å²) < 4.78 is 1.90. The summed E-state index contributed by atoms with van der Waals surface area (Å²) in [6.07, 6.45) is 1.88. The van der Waals surface area contributed by atoms with Gasteiger partial charge in [-0.05, 0) is 32.9 Å². The smallest absolute Gasteiger partial charge is 0.240 e. The van der Waals surface area contributed by atoms with Gasteiger partial charge in [0.05, 0.1) is 0 Å². The van der Waals surface area contributed by atoms with E-state index in [0.29, 0.717) is 4.99 Å². The molecule has 0 saturated heterocycles. The molecule has 0 saturated carbocycles. The third-order valence-electron chi connectivity index (χ3n) is 2.91. The van der Waals surface area contributed by atoms with Crippen molar-refractivity contribution >= 4 is 34.0 Å². The Labute approximate surface area is 123 Å². The van der Waals surface area contributed by atoms with Gasteiger partial charge in [-0.1, -0.05) is 24.4 Å². The number of aromatic nitrogens is 1. The molecule has 0 atom stereocenters. The summed E-state index contributed by atoms with van der Waals surface area (Å²) >= 11 is 5.05. The molecule has 20 heavy (non-hydrogen) atoms. The number of amides is 1. The first-order valence-corrected chi connectivity index (χ1v) is 6.87. The highest BCUT2D eigenvalue weighted by Crippen LogP contribution is 2.20. The lowest BCUT2D eigenvalue weighted by Crippen LogP contribution is -2.42. The molecule has 0 aliphatic carbocycles. The summed E-state index contributed by atoms with van der Waals surface area (Å²) in [5.74, 6) is -0.0178. The van der Waals surface area contributed by atoms with Crippen molar-refractivity contribution in [2.45, 2.75) is 32.9 Å². The number of nitrogens with zero attached hydrogens (tertiary/aromatic N) is 1. The molecule has 1 aromatic carbocycles. The van der Waals surface area contributed by atoms with E-state index < -0.39 is 0 Å². The van der Waals surface area contributed by atoms with E-state index in [-0.39, 0.29) is 18.0 Å². The Kier molecular flexibility index (Phi) is 3.81. The zero-order valence-electron chi connectivity index (χ0n) is 11.9. The Hall–Kier alpha value is -1.88. The van der Waals surface area contributed by atoms with Gasteiger partial charge in [-0.25, -0.2) is 0 Å². The summed E-state index contributed by atoms with van der Waals surface area (Å²) in [5.41, 5.74) is 7.28. The average Bonchev–Trinajstić information content (AvgIpc) is 2.69. The average molecular weight is 289 g/mol. The molecule has 0 aliphatic rings. The van der Waals surface area contributed by atoms with E-state index in [0.717, 1.165) is 16.5 Å². The molecule has 106 valence electrons. The van der Waals surface area contributed by atoms with Gasteiger partial charge >= 0.3 is 0 Å². The first-order chi connectivity index (χ1) is 9.28. The second-order valence-corrected chi connectivity index (χ2v) is 6.28. The van der Waals surface area contributed by atoms with Crippen molar-refractivity contribution in [1.82, 2.24) is 9.88 Å². The summed E-state index contributed by atoms with van der Waals surface area (Å²) in [5, 5.41) is 3.92. The van der Waals surface area contributed by atoms with Crippen LogP contribution in [-0.2, 0) is 11.3 Å². The first kappa shape index (κ1) is 14.5. The molecule has 3 N–H and O–H groups in total. The van der Waals surface area contributed by atoms with Crippen LogP contribution in [0.25, 0.3) is 10.9 Å².